The summed E-state index contributed by atoms with van der Waals surface area (Å²) in [7, 11) is 0. The Balaban J connectivity index is 1.61. The molecule has 0 bridgehead atoms. The second kappa shape index (κ2) is 8.63. The van der Waals surface area contributed by atoms with Crippen molar-refractivity contribution in [2.45, 2.75) is 37.1 Å². The zero-order chi connectivity index (χ0) is 20.4. The van der Waals surface area contributed by atoms with Crippen molar-refractivity contribution in [2.24, 2.45) is 5.92 Å². The number of carbonyl (C=O) groups is 2. The van der Waals surface area contributed by atoms with E-state index in [2.05, 4.69) is 10.00 Å². The SMILES string of the molecule is O=CCn1ccc(/C=C2\CN(C(C(=O)C3CC3)c3ccccc3F)CCC2S)n1. The second-order valence-electron chi connectivity index (χ2n) is 7.72. The van der Waals surface area contributed by atoms with Crippen LogP contribution in [0.3, 0.4) is 0 Å². The lowest BCUT2D eigenvalue weighted by molar-refractivity contribution is -0.126. The molecule has 5 nitrogen and oxygen atoms in total. The average Bonchev–Trinajstić information content (AvgIpc) is 3.47. The van der Waals surface area contributed by atoms with Gasteiger partial charge in [-0.1, -0.05) is 18.2 Å². The zero-order valence-corrected chi connectivity index (χ0v) is 17.0. The van der Waals surface area contributed by atoms with Gasteiger partial charge in [-0.25, -0.2) is 4.39 Å². The van der Waals surface area contributed by atoms with Gasteiger partial charge in [-0.15, -0.1) is 0 Å². The molecule has 0 amide bonds. The van der Waals surface area contributed by atoms with Gasteiger partial charge < -0.3 is 4.79 Å². The Hall–Kier alpha value is -2.25. The van der Waals surface area contributed by atoms with E-state index in [0.717, 1.165) is 36.8 Å². The molecule has 7 heteroatoms. The minimum Gasteiger partial charge on any atom is -0.301 e. The van der Waals surface area contributed by atoms with Gasteiger partial charge in [-0.3, -0.25) is 14.4 Å². The maximum Gasteiger partial charge on any atom is 0.157 e. The molecule has 0 spiro atoms. The van der Waals surface area contributed by atoms with Gasteiger partial charge in [0.25, 0.3) is 0 Å². The number of hydrogen-bond donors (Lipinski definition) is 1. The first kappa shape index (κ1) is 20.0. The number of ketones is 1. The summed E-state index contributed by atoms with van der Waals surface area (Å²) in [4.78, 5) is 25.8. The number of thiol groups is 1. The molecule has 2 atom stereocenters. The molecule has 2 unspecified atom stereocenters. The summed E-state index contributed by atoms with van der Waals surface area (Å²) in [5.74, 6) is -0.181. The molecule has 1 saturated heterocycles. The lowest BCUT2D eigenvalue weighted by Gasteiger charge is -2.37. The smallest absolute Gasteiger partial charge is 0.157 e. The van der Waals surface area contributed by atoms with Crippen LogP contribution in [0.2, 0.25) is 0 Å². The number of halogens is 1. The van der Waals surface area contributed by atoms with Gasteiger partial charge in [0.1, 0.15) is 12.1 Å². The van der Waals surface area contributed by atoms with E-state index >= 15 is 0 Å². The number of hydrogen-bond acceptors (Lipinski definition) is 5. The number of Topliss-reactive ketones (excluding diaryl/α,β-unsaturated/α-hetero) is 1. The molecule has 2 aromatic rings. The molecule has 2 fully saturated rings. The van der Waals surface area contributed by atoms with Crippen molar-refractivity contribution in [1.29, 1.82) is 0 Å². The Kier molecular flexibility index (Phi) is 5.96. The number of benzene rings is 1. The van der Waals surface area contributed by atoms with Crippen LogP contribution in [0.15, 0.2) is 42.1 Å². The van der Waals surface area contributed by atoms with Crippen LogP contribution >= 0.6 is 12.6 Å². The summed E-state index contributed by atoms with van der Waals surface area (Å²) >= 11 is 4.71. The Bertz CT molecular complexity index is 938. The van der Waals surface area contributed by atoms with Gasteiger partial charge >= 0.3 is 0 Å². The number of aromatic nitrogens is 2. The highest BCUT2D eigenvalue weighted by Gasteiger charge is 2.40. The number of nitrogens with zero attached hydrogens (tertiary/aromatic N) is 3. The fourth-order valence-electron chi connectivity index (χ4n) is 3.89. The van der Waals surface area contributed by atoms with Gasteiger partial charge in [0, 0.05) is 36.0 Å². The molecule has 1 aromatic carbocycles. The van der Waals surface area contributed by atoms with Gasteiger partial charge in [0.05, 0.1) is 18.3 Å². The van der Waals surface area contributed by atoms with Crippen molar-refractivity contribution in [3.63, 3.8) is 0 Å². The number of likely N-dealkylation sites (tertiary alicyclic amines) is 1. The summed E-state index contributed by atoms with van der Waals surface area (Å²) in [5.41, 5.74) is 2.25. The second-order valence-corrected chi connectivity index (χ2v) is 8.35. The minimum absolute atomic E-state index is 0.0415. The van der Waals surface area contributed by atoms with Crippen LogP contribution in [0.4, 0.5) is 4.39 Å². The monoisotopic (exact) mass is 413 g/mol. The number of carbonyl (C=O) groups excluding carboxylic acids is 2. The molecule has 1 aromatic heterocycles. The van der Waals surface area contributed by atoms with Crippen LogP contribution in [-0.4, -0.2) is 45.1 Å². The fraction of sp³-hybridized carbons (Fsp3) is 0.409. The van der Waals surface area contributed by atoms with Crippen LogP contribution in [0.5, 0.6) is 0 Å². The highest BCUT2D eigenvalue weighted by Crippen LogP contribution is 2.39. The van der Waals surface area contributed by atoms with Crippen molar-refractivity contribution in [2.75, 3.05) is 13.1 Å². The average molecular weight is 414 g/mol. The van der Waals surface area contributed by atoms with Gasteiger partial charge in [0.15, 0.2) is 5.78 Å². The van der Waals surface area contributed by atoms with E-state index in [1.165, 1.54) is 6.07 Å². The third-order valence-electron chi connectivity index (χ3n) is 5.57. The van der Waals surface area contributed by atoms with Crippen molar-refractivity contribution in [3.8, 4) is 0 Å². The standard InChI is InChI=1S/C22H24FN3O2S/c23-19-4-2-1-3-18(19)21(22(28)15-5-6-15)25-9-8-20(29)16(14-25)13-17-7-10-26(24-17)11-12-27/h1-4,7,10,12-13,15,20-21,29H,5-6,8-9,11,14H2/b16-13+. The lowest BCUT2D eigenvalue weighted by atomic mass is 9.93. The normalized spacial score (nSPS) is 22.6. The summed E-state index contributed by atoms with van der Waals surface area (Å²) in [6, 6.07) is 7.85. The summed E-state index contributed by atoms with van der Waals surface area (Å²) in [6.07, 6.45) is 7.08. The van der Waals surface area contributed by atoms with Gasteiger partial charge in [0.2, 0.25) is 0 Å². The largest absolute Gasteiger partial charge is 0.301 e. The molecule has 2 aliphatic rings. The van der Waals surface area contributed by atoms with Gasteiger partial charge in [-0.05, 0) is 43.0 Å². The van der Waals surface area contributed by atoms with Crippen LogP contribution in [0.1, 0.15) is 36.6 Å². The molecule has 4 rings (SSSR count). The maximum atomic E-state index is 14.6. The molecule has 0 N–H and O–H groups in total. The van der Waals surface area contributed by atoms with Gasteiger partial charge in [-0.2, -0.15) is 17.7 Å². The number of aldehydes is 1. The Morgan fingerprint density at radius 1 is 1.28 bits per heavy atom. The summed E-state index contributed by atoms with van der Waals surface area (Å²) in [6.45, 7) is 1.43. The molecule has 0 radical (unpaired) electrons. The third kappa shape index (κ3) is 4.51. The molecule has 29 heavy (non-hydrogen) atoms. The molecule has 152 valence electrons. The highest BCUT2D eigenvalue weighted by molar-refractivity contribution is 7.81. The zero-order valence-electron chi connectivity index (χ0n) is 16.1. The molecule has 1 aliphatic heterocycles. The highest BCUT2D eigenvalue weighted by atomic mass is 32.1. The predicted octanol–water partition coefficient (Wildman–Crippen LogP) is 3.33. The Morgan fingerprint density at radius 2 is 2.07 bits per heavy atom. The Morgan fingerprint density at radius 3 is 2.79 bits per heavy atom. The Labute approximate surface area is 175 Å². The fourth-order valence-corrected chi connectivity index (χ4v) is 4.17. The third-order valence-corrected chi connectivity index (χ3v) is 6.16. The van der Waals surface area contributed by atoms with Crippen molar-refractivity contribution in [1.82, 2.24) is 14.7 Å². The topological polar surface area (TPSA) is 55.2 Å². The van der Waals surface area contributed by atoms with E-state index in [0.29, 0.717) is 18.7 Å². The van der Waals surface area contributed by atoms with E-state index < -0.39 is 6.04 Å². The van der Waals surface area contributed by atoms with E-state index in [4.69, 9.17) is 12.6 Å². The van der Waals surface area contributed by atoms with Crippen LogP contribution in [0, 0.1) is 11.7 Å². The first-order valence-electron chi connectivity index (χ1n) is 9.94. The van der Waals surface area contributed by atoms with E-state index in [9.17, 15) is 14.0 Å². The number of piperidine rings is 1. The molecule has 2 heterocycles. The first-order valence-corrected chi connectivity index (χ1v) is 10.5. The van der Waals surface area contributed by atoms with Crippen LogP contribution in [-0.2, 0) is 16.1 Å². The predicted molar refractivity (Wildman–Crippen MR) is 112 cm³/mol. The number of rotatable bonds is 7. The van der Waals surface area contributed by atoms with E-state index in [1.807, 2.05) is 12.1 Å². The van der Waals surface area contributed by atoms with Crippen molar-refractivity contribution < 1.29 is 14.0 Å². The van der Waals surface area contributed by atoms with Crippen molar-refractivity contribution in [3.05, 3.63) is 59.2 Å². The molecule has 1 aliphatic carbocycles. The van der Waals surface area contributed by atoms with E-state index in [-0.39, 0.29) is 29.3 Å². The summed E-state index contributed by atoms with van der Waals surface area (Å²) < 4.78 is 16.2. The van der Waals surface area contributed by atoms with E-state index in [1.54, 1.807) is 29.1 Å². The molecular formula is C22H24FN3O2S. The summed E-state index contributed by atoms with van der Waals surface area (Å²) in [5, 5.41) is 4.43. The molecule has 1 saturated carbocycles. The quantitative estimate of drug-likeness (QED) is 0.559. The lowest BCUT2D eigenvalue weighted by Crippen LogP contribution is -2.42. The minimum atomic E-state index is -0.569. The van der Waals surface area contributed by atoms with Crippen LogP contribution < -0.4 is 0 Å². The van der Waals surface area contributed by atoms with Crippen LogP contribution in [0.25, 0.3) is 6.08 Å². The molecular weight excluding hydrogens is 389 g/mol. The maximum absolute atomic E-state index is 14.6. The first-order chi connectivity index (χ1) is 14.1. The van der Waals surface area contributed by atoms with Crippen molar-refractivity contribution >= 4 is 30.8 Å².